The van der Waals surface area contributed by atoms with Crippen LogP contribution < -0.4 is 33.2 Å². The Kier molecular flexibility index (Phi) is 7.90. The van der Waals surface area contributed by atoms with Crippen molar-refractivity contribution in [2.24, 2.45) is 0 Å². The average Bonchev–Trinajstić information content (AvgIpc) is 2.53. The Labute approximate surface area is 162 Å². The lowest BCUT2D eigenvalue weighted by Crippen LogP contribution is -3.00. The second-order valence-corrected chi connectivity index (χ2v) is 6.74. The van der Waals surface area contributed by atoms with Gasteiger partial charge in [0.25, 0.3) is 0 Å². The number of hydrogen-bond acceptors (Lipinski definition) is 2. The van der Waals surface area contributed by atoms with Crippen molar-refractivity contribution in [3.63, 3.8) is 0 Å². The van der Waals surface area contributed by atoms with Crippen LogP contribution in [0.15, 0.2) is 48.5 Å². The van der Waals surface area contributed by atoms with Crippen molar-refractivity contribution >= 4 is 11.5 Å². The highest BCUT2D eigenvalue weighted by atomic mass is 127. The van der Waals surface area contributed by atoms with Gasteiger partial charge in [0.1, 0.15) is 17.2 Å². The van der Waals surface area contributed by atoms with Crippen LogP contribution in [0, 0.1) is 0 Å². The minimum absolute atomic E-state index is 0. The second kappa shape index (κ2) is 9.18. The first-order valence-corrected chi connectivity index (χ1v) is 7.94. The molecule has 0 amide bonds. The summed E-state index contributed by atoms with van der Waals surface area (Å²) in [5.74, 6) is 1.12. The smallest absolute Gasteiger partial charge is 0.137 e. The van der Waals surface area contributed by atoms with Crippen LogP contribution in [-0.2, 0) is 17.6 Å². The molecule has 0 aromatic heterocycles. The first-order valence-electron chi connectivity index (χ1n) is 7.94. The summed E-state index contributed by atoms with van der Waals surface area (Å²) in [6.45, 7) is 0. The maximum atomic E-state index is 12.2. The molecule has 0 aliphatic carbocycles. The van der Waals surface area contributed by atoms with Gasteiger partial charge in [0, 0.05) is 12.8 Å². The van der Waals surface area contributed by atoms with E-state index >= 15 is 0 Å². The Morgan fingerprint density at radius 2 is 1.46 bits per heavy atom. The first-order chi connectivity index (χ1) is 10.9. The molecule has 0 N–H and O–H groups in total. The van der Waals surface area contributed by atoms with Crippen molar-refractivity contribution in [1.82, 2.24) is 4.48 Å². The van der Waals surface area contributed by atoms with E-state index in [0.29, 0.717) is 12.8 Å². The fourth-order valence-electron chi connectivity index (χ4n) is 2.45. The number of ketones is 1. The third-order valence-electron chi connectivity index (χ3n) is 3.96. The Morgan fingerprint density at radius 3 is 1.96 bits per heavy atom. The van der Waals surface area contributed by atoms with Crippen LogP contribution in [0.1, 0.15) is 17.5 Å². The van der Waals surface area contributed by atoms with Crippen molar-refractivity contribution in [3.05, 3.63) is 59.7 Å². The van der Waals surface area contributed by atoms with Crippen LogP contribution >= 0.6 is 0 Å². The Balaban J connectivity index is 0.00000288. The molecule has 2 rings (SSSR count). The second-order valence-electron chi connectivity index (χ2n) is 6.74. The standard InChI is InChI=1S/C20H26NO2.HI/c1-21(2,3)18-10-5-17(6-11-18)15-19(22)12-7-16-8-13-20(23-4)14-9-16;/h5-6,8-11,13-14H,7,12,15H2,1-4H3;1H/q+1;/p-1. The Bertz CT molecular complexity index is 643. The molecule has 0 saturated carbocycles. The number of aryl methyl sites for hydroxylation is 1. The van der Waals surface area contributed by atoms with Crippen LogP contribution in [0.4, 0.5) is 5.69 Å². The summed E-state index contributed by atoms with van der Waals surface area (Å²) in [5, 5.41) is 0. The molecule has 0 unspecified atom stereocenters. The number of ether oxygens (including phenoxy) is 1. The van der Waals surface area contributed by atoms with E-state index in [2.05, 4.69) is 45.4 Å². The maximum Gasteiger partial charge on any atom is 0.137 e. The number of carbonyl (C=O) groups excluding carboxylic acids is 1. The molecule has 0 atom stereocenters. The molecule has 0 fully saturated rings. The highest BCUT2D eigenvalue weighted by Gasteiger charge is 2.12. The minimum atomic E-state index is 0. The van der Waals surface area contributed by atoms with Gasteiger partial charge in [-0.25, -0.2) is 0 Å². The zero-order chi connectivity index (χ0) is 16.9. The molecule has 3 nitrogen and oxygen atoms in total. The predicted molar refractivity (Wildman–Crippen MR) is 96.0 cm³/mol. The van der Waals surface area contributed by atoms with E-state index in [9.17, 15) is 4.79 Å². The molecule has 0 saturated heterocycles. The molecule has 2 aromatic rings. The molecular formula is C20H26INO2. The van der Waals surface area contributed by atoms with Crippen molar-refractivity contribution < 1.29 is 33.5 Å². The van der Waals surface area contributed by atoms with Crippen LogP contribution in [0.3, 0.4) is 0 Å². The Hall–Kier alpha value is -1.40. The summed E-state index contributed by atoms with van der Waals surface area (Å²) in [6.07, 6.45) is 1.86. The molecule has 0 heterocycles. The maximum absolute atomic E-state index is 12.2. The molecule has 0 aliphatic heterocycles. The van der Waals surface area contributed by atoms with E-state index in [-0.39, 0.29) is 29.8 Å². The van der Waals surface area contributed by atoms with Crippen molar-refractivity contribution in [1.29, 1.82) is 0 Å². The molecule has 0 radical (unpaired) electrons. The number of rotatable bonds is 7. The molecule has 0 bridgehead atoms. The zero-order valence-corrected chi connectivity index (χ0v) is 17.0. The molecule has 4 heteroatoms. The number of hydrogen-bond donors (Lipinski definition) is 0. The van der Waals surface area contributed by atoms with Crippen molar-refractivity contribution in [2.45, 2.75) is 19.3 Å². The van der Waals surface area contributed by atoms with Gasteiger partial charge in [0.15, 0.2) is 0 Å². The molecule has 0 spiro atoms. The fourth-order valence-corrected chi connectivity index (χ4v) is 2.45. The summed E-state index contributed by atoms with van der Waals surface area (Å²) in [5.41, 5.74) is 3.49. The predicted octanol–water partition coefficient (Wildman–Crippen LogP) is 0.640. The Morgan fingerprint density at radius 1 is 0.917 bits per heavy atom. The van der Waals surface area contributed by atoms with Crippen LogP contribution in [0.5, 0.6) is 5.75 Å². The van der Waals surface area contributed by atoms with Gasteiger partial charge >= 0.3 is 0 Å². The molecular weight excluding hydrogens is 413 g/mol. The molecule has 130 valence electrons. The van der Waals surface area contributed by atoms with E-state index < -0.39 is 0 Å². The van der Waals surface area contributed by atoms with Gasteiger partial charge in [-0.3, -0.25) is 9.28 Å². The fraction of sp³-hybridized carbons (Fsp3) is 0.350. The molecule has 2 aromatic carbocycles. The highest BCUT2D eigenvalue weighted by molar-refractivity contribution is 5.81. The molecule has 24 heavy (non-hydrogen) atoms. The third-order valence-corrected chi connectivity index (χ3v) is 3.96. The normalized spacial score (nSPS) is 10.8. The van der Waals surface area contributed by atoms with Crippen molar-refractivity contribution in [2.75, 3.05) is 28.3 Å². The number of nitrogens with zero attached hydrogens (tertiary/aromatic N) is 1. The van der Waals surface area contributed by atoms with Gasteiger partial charge in [-0.05, 0) is 41.8 Å². The van der Waals surface area contributed by atoms with Gasteiger partial charge in [0.2, 0.25) is 0 Å². The van der Waals surface area contributed by atoms with Crippen LogP contribution in [-0.4, -0.2) is 34.0 Å². The van der Waals surface area contributed by atoms with Gasteiger partial charge in [-0.1, -0.05) is 24.3 Å². The number of carbonyl (C=O) groups is 1. The largest absolute Gasteiger partial charge is 1.00 e. The summed E-state index contributed by atoms with van der Waals surface area (Å²) < 4.78 is 5.92. The summed E-state index contributed by atoms with van der Waals surface area (Å²) in [7, 11) is 8.06. The van der Waals surface area contributed by atoms with E-state index in [1.54, 1.807) is 7.11 Å². The number of quaternary nitrogens is 1. The number of benzene rings is 2. The van der Waals surface area contributed by atoms with Crippen LogP contribution in [0.25, 0.3) is 0 Å². The van der Waals surface area contributed by atoms with Crippen LogP contribution in [0.2, 0.25) is 0 Å². The monoisotopic (exact) mass is 439 g/mol. The lowest BCUT2D eigenvalue weighted by molar-refractivity contribution is -0.118. The van der Waals surface area contributed by atoms with Gasteiger partial charge in [0.05, 0.1) is 28.3 Å². The third kappa shape index (κ3) is 6.24. The summed E-state index contributed by atoms with van der Waals surface area (Å²) >= 11 is 0. The minimum Gasteiger partial charge on any atom is -1.00 e. The lowest BCUT2D eigenvalue weighted by atomic mass is 10.0. The molecule has 0 aliphatic rings. The summed E-state index contributed by atoms with van der Waals surface area (Å²) in [6, 6.07) is 16.2. The van der Waals surface area contributed by atoms with E-state index in [0.717, 1.165) is 22.2 Å². The number of Topliss-reactive ketones (excluding diaryl/α,β-unsaturated/α-hetero) is 1. The first kappa shape index (κ1) is 20.6. The van der Waals surface area contributed by atoms with Gasteiger partial charge in [-0.15, -0.1) is 0 Å². The zero-order valence-electron chi connectivity index (χ0n) is 14.9. The number of methoxy groups -OCH3 is 1. The van der Waals surface area contributed by atoms with Gasteiger partial charge in [-0.2, -0.15) is 0 Å². The highest BCUT2D eigenvalue weighted by Crippen LogP contribution is 2.18. The van der Waals surface area contributed by atoms with Crippen molar-refractivity contribution in [3.8, 4) is 5.75 Å². The average molecular weight is 439 g/mol. The van der Waals surface area contributed by atoms with E-state index in [1.165, 1.54) is 11.3 Å². The topological polar surface area (TPSA) is 26.3 Å². The summed E-state index contributed by atoms with van der Waals surface area (Å²) in [4.78, 5) is 12.2. The SMILES string of the molecule is COc1ccc(CCC(=O)Cc2ccc([N+](C)(C)C)cc2)cc1.[I-]. The lowest BCUT2D eigenvalue weighted by Gasteiger charge is -2.23. The van der Waals surface area contributed by atoms with E-state index in [1.807, 2.05) is 24.3 Å². The van der Waals surface area contributed by atoms with Gasteiger partial charge < -0.3 is 28.7 Å². The quantitative estimate of drug-likeness (QED) is 0.468. The number of halogens is 1. The van der Waals surface area contributed by atoms with E-state index in [4.69, 9.17) is 4.74 Å².